The summed E-state index contributed by atoms with van der Waals surface area (Å²) >= 11 is 9.52. The third-order valence-corrected chi connectivity index (χ3v) is 6.57. The lowest BCUT2D eigenvalue weighted by Crippen LogP contribution is -2.37. The van der Waals surface area contributed by atoms with E-state index < -0.39 is 0 Å². The van der Waals surface area contributed by atoms with Crippen molar-refractivity contribution >= 4 is 40.0 Å². The highest BCUT2D eigenvalue weighted by atomic mass is 35.5. The fourth-order valence-electron chi connectivity index (χ4n) is 3.22. The highest BCUT2D eigenvalue weighted by Crippen LogP contribution is 2.32. The van der Waals surface area contributed by atoms with Crippen molar-refractivity contribution in [2.45, 2.75) is 30.4 Å². The molecule has 0 amide bonds. The number of thiazole rings is 1. The Balaban J connectivity index is 1.26. The van der Waals surface area contributed by atoms with Crippen molar-refractivity contribution in [1.82, 2.24) is 9.88 Å². The molecule has 4 rings (SSSR count). The number of aromatic nitrogens is 1. The van der Waals surface area contributed by atoms with Crippen LogP contribution in [-0.4, -0.2) is 29.1 Å². The Bertz CT molecular complexity index is 869. The van der Waals surface area contributed by atoms with Crippen molar-refractivity contribution in [2.75, 3.05) is 17.8 Å². The van der Waals surface area contributed by atoms with Gasteiger partial charge in [0.2, 0.25) is 0 Å². The van der Waals surface area contributed by atoms with E-state index in [4.69, 9.17) is 16.3 Å². The quantitative estimate of drug-likeness (QED) is 0.467. The molecule has 0 saturated carbocycles. The molecule has 0 unspecified atom stereocenters. The van der Waals surface area contributed by atoms with E-state index in [1.165, 1.54) is 17.5 Å². The third-order valence-electron chi connectivity index (χ3n) is 4.67. The summed E-state index contributed by atoms with van der Waals surface area (Å²) < 4.78 is 9.40. The van der Waals surface area contributed by atoms with E-state index >= 15 is 0 Å². The van der Waals surface area contributed by atoms with Gasteiger partial charge < -0.3 is 9.46 Å². The maximum absolute atomic E-state index is 6.46. The lowest BCUT2D eigenvalue weighted by molar-refractivity contribution is 0.0968. The number of anilines is 1. The first-order chi connectivity index (χ1) is 13.8. The van der Waals surface area contributed by atoms with Gasteiger partial charge in [-0.1, -0.05) is 41.9 Å². The van der Waals surface area contributed by atoms with Crippen LogP contribution in [0.1, 0.15) is 18.4 Å². The van der Waals surface area contributed by atoms with Gasteiger partial charge in [0, 0.05) is 36.1 Å². The molecule has 146 valence electrons. The summed E-state index contributed by atoms with van der Waals surface area (Å²) in [7, 11) is 0. The molecule has 7 heteroatoms. The van der Waals surface area contributed by atoms with E-state index in [1.54, 1.807) is 17.5 Å². The largest absolute Gasteiger partial charge is 0.489 e. The maximum Gasteiger partial charge on any atom is 0.192 e. The van der Waals surface area contributed by atoms with E-state index in [-0.39, 0.29) is 6.10 Å². The lowest BCUT2D eigenvalue weighted by atomic mass is 10.1. The van der Waals surface area contributed by atoms with E-state index in [2.05, 4.69) is 44.9 Å². The summed E-state index contributed by atoms with van der Waals surface area (Å²) in [6.45, 7) is 3.10. The predicted molar refractivity (Wildman–Crippen MR) is 118 cm³/mol. The van der Waals surface area contributed by atoms with Gasteiger partial charge in [-0.3, -0.25) is 4.90 Å². The zero-order valence-corrected chi connectivity index (χ0v) is 17.8. The molecule has 0 aliphatic carbocycles. The molecule has 2 aromatic carbocycles. The van der Waals surface area contributed by atoms with Gasteiger partial charge in [-0.2, -0.15) is 0 Å². The summed E-state index contributed by atoms with van der Waals surface area (Å²) in [6, 6.07) is 16.6. The molecule has 1 aliphatic rings. The summed E-state index contributed by atoms with van der Waals surface area (Å²) in [4.78, 5) is 7.73. The standard InChI is InChI=1S/C21H22ClN3OS2/c22-19-14-18(28-24-21-23-10-13-27-21)6-7-20(19)26-17-8-11-25(12-9-17)15-16-4-2-1-3-5-16/h1-7,10,13-14,17H,8-9,11-12,15H2,(H,23,24). The van der Waals surface area contributed by atoms with Gasteiger partial charge in [-0.05, 0) is 48.6 Å². The molecule has 1 fully saturated rings. The molecular formula is C21H22ClN3OS2. The van der Waals surface area contributed by atoms with Crippen LogP contribution in [0.2, 0.25) is 5.02 Å². The number of hydrogen-bond donors (Lipinski definition) is 1. The number of ether oxygens (including phenoxy) is 1. The van der Waals surface area contributed by atoms with Crippen LogP contribution in [0.25, 0.3) is 0 Å². The molecular weight excluding hydrogens is 410 g/mol. The molecule has 0 atom stereocenters. The van der Waals surface area contributed by atoms with Crippen LogP contribution in [0.15, 0.2) is 65.0 Å². The van der Waals surface area contributed by atoms with Crippen LogP contribution in [-0.2, 0) is 6.54 Å². The fraction of sp³-hybridized carbons (Fsp3) is 0.286. The van der Waals surface area contributed by atoms with E-state index in [9.17, 15) is 0 Å². The van der Waals surface area contributed by atoms with Crippen LogP contribution in [0.3, 0.4) is 0 Å². The molecule has 1 aliphatic heterocycles. The summed E-state index contributed by atoms with van der Waals surface area (Å²) in [5, 5.41) is 3.47. The zero-order valence-electron chi connectivity index (χ0n) is 15.4. The fourth-order valence-corrected chi connectivity index (χ4v) is 4.77. The lowest BCUT2D eigenvalue weighted by Gasteiger charge is -2.32. The molecule has 2 heterocycles. The summed E-state index contributed by atoms with van der Waals surface area (Å²) in [5.74, 6) is 0.766. The average molecular weight is 432 g/mol. The first kappa shape index (κ1) is 19.6. The first-order valence-electron chi connectivity index (χ1n) is 9.31. The van der Waals surface area contributed by atoms with Gasteiger partial charge in [0.05, 0.1) is 5.02 Å². The van der Waals surface area contributed by atoms with Gasteiger partial charge >= 0.3 is 0 Å². The SMILES string of the molecule is Clc1cc(SNc2nccs2)ccc1OC1CCN(Cc2ccccc2)CC1. The topological polar surface area (TPSA) is 37.4 Å². The molecule has 0 spiro atoms. The number of rotatable bonds is 7. The highest BCUT2D eigenvalue weighted by Gasteiger charge is 2.21. The Morgan fingerprint density at radius 3 is 2.71 bits per heavy atom. The Labute approximate surface area is 179 Å². The third kappa shape index (κ3) is 5.41. The smallest absolute Gasteiger partial charge is 0.192 e. The Hall–Kier alpha value is -1.73. The average Bonchev–Trinajstić information content (AvgIpc) is 3.24. The minimum Gasteiger partial charge on any atom is -0.489 e. The summed E-state index contributed by atoms with van der Waals surface area (Å²) in [5.41, 5.74) is 1.37. The monoisotopic (exact) mass is 431 g/mol. The van der Waals surface area contributed by atoms with Gasteiger partial charge in [-0.15, -0.1) is 11.3 Å². The van der Waals surface area contributed by atoms with Crippen LogP contribution in [0, 0.1) is 0 Å². The number of nitrogens with one attached hydrogen (secondary N) is 1. The Morgan fingerprint density at radius 1 is 1.18 bits per heavy atom. The molecule has 4 nitrogen and oxygen atoms in total. The number of benzene rings is 2. The van der Waals surface area contributed by atoms with E-state index in [1.807, 2.05) is 23.6 Å². The van der Waals surface area contributed by atoms with Crippen molar-refractivity contribution in [3.63, 3.8) is 0 Å². The van der Waals surface area contributed by atoms with Crippen LogP contribution < -0.4 is 9.46 Å². The van der Waals surface area contributed by atoms with E-state index in [0.717, 1.165) is 48.3 Å². The van der Waals surface area contributed by atoms with Crippen LogP contribution in [0.4, 0.5) is 5.13 Å². The van der Waals surface area contributed by atoms with Crippen molar-refractivity contribution in [2.24, 2.45) is 0 Å². The van der Waals surface area contributed by atoms with Crippen molar-refractivity contribution in [1.29, 1.82) is 0 Å². The molecule has 1 aromatic heterocycles. The van der Waals surface area contributed by atoms with Crippen molar-refractivity contribution in [3.05, 3.63) is 70.7 Å². The molecule has 1 saturated heterocycles. The minimum atomic E-state index is 0.219. The maximum atomic E-state index is 6.46. The molecule has 0 radical (unpaired) electrons. The highest BCUT2D eigenvalue weighted by molar-refractivity contribution is 8.00. The first-order valence-corrected chi connectivity index (χ1v) is 11.4. The van der Waals surface area contributed by atoms with Gasteiger partial charge in [0.15, 0.2) is 5.13 Å². The normalized spacial score (nSPS) is 15.5. The van der Waals surface area contributed by atoms with Gasteiger partial charge in [0.1, 0.15) is 11.9 Å². The van der Waals surface area contributed by atoms with Gasteiger partial charge in [0.25, 0.3) is 0 Å². The second-order valence-corrected chi connectivity index (χ2v) is 8.89. The number of nitrogens with zero attached hydrogens (tertiary/aromatic N) is 2. The number of likely N-dealkylation sites (tertiary alicyclic amines) is 1. The second kappa shape index (κ2) is 9.65. The van der Waals surface area contributed by atoms with Gasteiger partial charge in [-0.25, -0.2) is 4.98 Å². The molecule has 0 bridgehead atoms. The van der Waals surface area contributed by atoms with Crippen molar-refractivity contribution in [3.8, 4) is 5.75 Å². The van der Waals surface area contributed by atoms with Crippen LogP contribution in [0.5, 0.6) is 5.75 Å². The van der Waals surface area contributed by atoms with Crippen molar-refractivity contribution < 1.29 is 4.74 Å². The predicted octanol–water partition coefficient (Wildman–Crippen LogP) is 5.96. The van der Waals surface area contributed by atoms with E-state index in [0.29, 0.717) is 5.02 Å². The number of halogens is 1. The molecule has 1 N–H and O–H groups in total. The Morgan fingerprint density at radius 2 is 2.00 bits per heavy atom. The Kier molecular flexibility index (Phi) is 6.75. The van der Waals surface area contributed by atoms with Crippen LogP contribution >= 0.6 is 34.9 Å². The summed E-state index contributed by atoms with van der Waals surface area (Å²) in [6.07, 6.45) is 4.04. The number of piperidine rings is 1. The zero-order chi connectivity index (χ0) is 19.2. The second-order valence-electron chi connectivity index (χ2n) is 6.71. The minimum absolute atomic E-state index is 0.219. The molecule has 3 aromatic rings. The molecule has 28 heavy (non-hydrogen) atoms. The number of hydrogen-bond acceptors (Lipinski definition) is 6.